The van der Waals surface area contributed by atoms with Crippen LogP contribution in [0.2, 0.25) is 0 Å². The van der Waals surface area contributed by atoms with Gasteiger partial charge in [0.2, 0.25) is 35.4 Å². The van der Waals surface area contributed by atoms with E-state index in [1.165, 1.54) is 5.56 Å². The average Bonchev–Trinajstić information content (AvgIpc) is 4.05. The molecule has 0 spiro atoms. The largest absolute Gasteiger partial charge is 0.367 e. The van der Waals surface area contributed by atoms with Crippen LogP contribution in [0.1, 0.15) is 119 Å². The summed E-state index contributed by atoms with van der Waals surface area (Å²) in [6.07, 6.45) is 4.49. The fourth-order valence-electron chi connectivity index (χ4n) is 14.0. The maximum absolute atomic E-state index is 14.9. The van der Waals surface area contributed by atoms with Crippen molar-refractivity contribution in [2.75, 3.05) is 25.6 Å². The summed E-state index contributed by atoms with van der Waals surface area (Å²) < 4.78 is 0. The molecule has 0 radical (unpaired) electrons. The third-order valence-electron chi connectivity index (χ3n) is 18.7. The highest BCUT2D eigenvalue weighted by atomic mass is 32.2. The third kappa shape index (κ3) is 11.8. The van der Waals surface area contributed by atoms with Crippen LogP contribution < -0.4 is 42.5 Å². The van der Waals surface area contributed by atoms with Crippen molar-refractivity contribution < 1.29 is 28.8 Å². The van der Waals surface area contributed by atoms with Gasteiger partial charge in [0, 0.05) is 25.0 Å². The Labute approximate surface area is 496 Å². The van der Waals surface area contributed by atoms with Crippen molar-refractivity contribution in [2.24, 2.45) is 28.6 Å². The summed E-state index contributed by atoms with van der Waals surface area (Å²) in [5.74, 6) is -0.585. The van der Waals surface area contributed by atoms with Crippen LogP contribution in [0.25, 0.3) is 0 Å². The number of carbonyl (C=O) groups is 6. The van der Waals surface area contributed by atoms with Crippen LogP contribution in [0.15, 0.2) is 72.8 Å². The van der Waals surface area contributed by atoms with Gasteiger partial charge in [0.1, 0.15) is 24.2 Å². The molecule has 7 aliphatic rings. The Morgan fingerprint density at radius 2 is 1.10 bits per heavy atom. The Kier molecular flexibility index (Phi) is 17.7. The molecular formula is C61H80N10O6S4. The van der Waals surface area contributed by atoms with E-state index in [1.807, 2.05) is 96.4 Å². The van der Waals surface area contributed by atoms with Crippen molar-refractivity contribution in [3.8, 4) is 0 Å². The lowest BCUT2D eigenvalue weighted by atomic mass is 9.60. The molecule has 1 saturated carbocycles. The topological polar surface area (TPSA) is 205 Å². The molecule has 4 heterocycles. The van der Waals surface area contributed by atoms with Gasteiger partial charge in [0.15, 0.2) is 0 Å². The Bertz CT molecular complexity index is 2940. The molecule has 16 nitrogen and oxygen atoms in total. The number of hydrogen-bond donors (Lipinski definition) is 8. The second-order valence-electron chi connectivity index (χ2n) is 24.8. The zero-order valence-corrected chi connectivity index (χ0v) is 51.0. The van der Waals surface area contributed by atoms with Crippen LogP contribution in [0, 0.1) is 28.6 Å². The molecule has 0 bridgehead atoms. The van der Waals surface area contributed by atoms with Crippen molar-refractivity contribution in [2.45, 2.75) is 165 Å². The van der Waals surface area contributed by atoms with E-state index in [4.69, 9.17) is 24.4 Å². The van der Waals surface area contributed by atoms with Crippen molar-refractivity contribution in [3.05, 3.63) is 106 Å². The molecular weight excluding hydrogens is 1100 g/mol. The maximum Gasteiger partial charge on any atom is 0.246 e. The first-order valence-corrected chi connectivity index (χ1v) is 31.8. The second kappa shape index (κ2) is 24.2. The first-order valence-electron chi connectivity index (χ1n) is 28.9. The number of rotatable bonds is 16. The number of aryl methyl sites for hydroxylation is 1. The molecule has 5 fully saturated rings. The molecule has 3 aliphatic carbocycles. The van der Waals surface area contributed by atoms with E-state index >= 15 is 0 Å². The molecule has 20 heteroatoms. The predicted molar refractivity (Wildman–Crippen MR) is 327 cm³/mol. The lowest BCUT2D eigenvalue weighted by molar-refractivity contribution is -0.145. The monoisotopic (exact) mass is 1180 g/mol. The standard InChI is InChI=1S/C61H80N10O6S4/c1-32(62-7)56(78)66-42-23-25-80-44-28-60(3,4)50(70(44)58(42)76)54(74)68-48-39-16-12-9-13-36(39)21-22-40(48)52(72)64-30-34-17-19-35(20-18-34)31-65-53(73)47-41-27-37-14-10-11-15-38(37)46(41)49(47)69-55(75)51-61(5,6)29-45-71(51)59(77)43(24-26-81-45)67-57(79)33(2)63-8/h9-20,32-33,40-51,62-63H,21-31H2,1-8H3,(H,64,72)(H,65,73)(H,66,78)(H,67,79)(H,68,74)(H,69,75)/t32-,33-,40+,41+,42-,43+,44-,45-,46?,47+,48+,49-,50+,51+/m0/s1. The molecule has 4 aliphatic heterocycles. The summed E-state index contributed by atoms with van der Waals surface area (Å²) in [6.45, 7) is 12.7. The van der Waals surface area contributed by atoms with E-state index in [2.05, 4.69) is 74.6 Å². The Balaban J connectivity index is 0.784. The van der Waals surface area contributed by atoms with Gasteiger partial charge in [-0.2, -0.15) is 0 Å². The molecule has 14 atom stereocenters. The van der Waals surface area contributed by atoms with Gasteiger partial charge >= 0.3 is 0 Å². The van der Waals surface area contributed by atoms with Gasteiger partial charge in [-0.3, -0.25) is 28.8 Å². The lowest BCUT2D eigenvalue weighted by Gasteiger charge is -2.49. The summed E-state index contributed by atoms with van der Waals surface area (Å²) in [7, 11) is 3.65. The first kappa shape index (κ1) is 59.1. The molecule has 6 amide bonds. The molecule has 434 valence electrons. The van der Waals surface area contributed by atoms with Crippen molar-refractivity contribution in [3.63, 3.8) is 0 Å². The highest BCUT2D eigenvalue weighted by molar-refractivity contribution is 8.00. The summed E-state index contributed by atoms with van der Waals surface area (Å²) in [5, 5.41) is 25.7. The zero-order chi connectivity index (χ0) is 57.7. The number of thiocarbonyl (C=S) groups is 2. The van der Waals surface area contributed by atoms with Crippen LogP contribution in [0.4, 0.5) is 0 Å². The van der Waals surface area contributed by atoms with E-state index in [0.717, 1.165) is 45.7 Å². The Morgan fingerprint density at radius 3 is 1.63 bits per heavy atom. The normalized spacial score (nSPS) is 30.3. The number of benzene rings is 3. The zero-order valence-electron chi connectivity index (χ0n) is 47.8. The fourth-order valence-corrected chi connectivity index (χ4v) is 17.7. The number of amides is 6. The van der Waals surface area contributed by atoms with Crippen molar-refractivity contribution in [1.82, 2.24) is 52.3 Å². The van der Waals surface area contributed by atoms with Crippen LogP contribution >= 0.6 is 48.0 Å². The van der Waals surface area contributed by atoms with Gasteiger partial charge in [-0.05, 0) is 135 Å². The minimum absolute atomic E-state index is 0.0182. The van der Waals surface area contributed by atoms with Crippen LogP contribution in [-0.2, 0) is 54.7 Å². The van der Waals surface area contributed by atoms with E-state index in [-0.39, 0.29) is 83.2 Å². The molecule has 10 rings (SSSR count). The van der Waals surface area contributed by atoms with Gasteiger partial charge < -0.3 is 52.3 Å². The van der Waals surface area contributed by atoms with E-state index in [0.29, 0.717) is 48.5 Å². The highest BCUT2D eigenvalue weighted by Crippen LogP contribution is 2.56. The minimum Gasteiger partial charge on any atom is -0.367 e. The van der Waals surface area contributed by atoms with Crippen molar-refractivity contribution >= 4 is 93.4 Å². The quantitative estimate of drug-likeness (QED) is 0.0850. The van der Waals surface area contributed by atoms with E-state index in [9.17, 15) is 28.8 Å². The predicted octanol–water partition coefficient (Wildman–Crippen LogP) is 5.38. The number of nitrogens with zero attached hydrogens (tertiary/aromatic N) is 2. The van der Waals surface area contributed by atoms with Gasteiger partial charge in [0.05, 0.1) is 50.7 Å². The SMILES string of the molecule is CN[C@@H](C)C(=S)N[C@H]1CCS[C@H]2CC(C)(C)[C@@H](C(=O)N[C@@H]3c4ccccc4CC[C@H]3C(=O)NCc3ccc(CNC(=O)[C@@H]4[C@@H]5Cc6ccccc6C5[C@@H]4NC(=O)[C@H]4N5C(=O)[C@H](NC(=S)[C@H](C)NC)CCS[C@H]5CC4(C)C)cc3)N2C1=O. The number of carbonyl (C=O) groups excluding carboxylic acids is 6. The number of thioether (sulfide) groups is 2. The van der Waals surface area contributed by atoms with Crippen molar-refractivity contribution in [1.29, 1.82) is 0 Å². The smallest absolute Gasteiger partial charge is 0.246 e. The summed E-state index contributed by atoms with van der Waals surface area (Å²) in [6, 6.07) is 20.2. The molecule has 4 saturated heterocycles. The van der Waals surface area contributed by atoms with Crippen LogP contribution in [0.5, 0.6) is 0 Å². The van der Waals surface area contributed by atoms with E-state index < -0.39 is 58.9 Å². The number of nitrogens with one attached hydrogen (secondary N) is 8. The third-order valence-corrected chi connectivity index (χ3v) is 22.1. The van der Waals surface area contributed by atoms with Crippen LogP contribution in [0.3, 0.4) is 0 Å². The summed E-state index contributed by atoms with van der Waals surface area (Å²) in [4.78, 5) is 92.1. The average molecular weight is 1180 g/mol. The fraction of sp³-hybridized carbons (Fsp3) is 0.574. The number of likely N-dealkylation sites (N-methyl/N-ethyl adjacent to an activating group) is 2. The van der Waals surface area contributed by atoms with Crippen LogP contribution in [-0.4, -0.2) is 134 Å². The Hall–Kier alpha value is -5.12. The highest BCUT2D eigenvalue weighted by Gasteiger charge is 2.61. The number of hydrogen-bond acceptors (Lipinski definition) is 12. The summed E-state index contributed by atoms with van der Waals surface area (Å²) >= 11 is 14.7. The number of fused-ring (bicyclic) bond motifs is 6. The van der Waals surface area contributed by atoms with Gasteiger partial charge in [-0.15, -0.1) is 23.5 Å². The lowest BCUT2D eigenvalue weighted by Crippen LogP contribution is -2.65. The molecule has 8 N–H and O–H groups in total. The summed E-state index contributed by atoms with van der Waals surface area (Å²) in [5.41, 5.74) is 5.06. The van der Waals surface area contributed by atoms with E-state index in [1.54, 1.807) is 33.3 Å². The molecule has 3 aromatic carbocycles. The molecule has 81 heavy (non-hydrogen) atoms. The molecule has 1 unspecified atom stereocenters. The maximum atomic E-state index is 14.9. The second-order valence-corrected chi connectivity index (χ2v) is 28.2. The molecule has 0 aromatic heterocycles. The van der Waals surface area contributed by atoms with Gasteiger partial charge in [-0.1, -0.05) is 125 Å². The first-order chi connectivity index (χ1) is 38.7. The minimum atomic E-state index is -0.752. The molecule has 3 aromatic rings. The van der Waals surface area contributed by atoms with Gasteiger partial charge in [0.25, 0.3) is 0 Å². The Morgan fingerprint density at radius 1 is 0.617 bits per heavy atom. The van der Waals surface area contributed by atoms with Gasteiger partial charge in [-0.25, -0.2) is 0 Å².